The first-order chi connectivity index (χ1) is 16.7. The Morgan fingerprint density at radius 1 is 0.973 bits per heavy atom. The van der Waals surface area contributed by atoms with E-state index in [2.05, 4.69) is 48.5 Å². The highest BCUT2D eigenvalue weighted by Crippen LogP contribution is 2.40. The van der Waals surface area contributed by atoms with Gasteiger partial charge in [-0.05, 0) is 75.7 Å². The van der Waals surface area contributed by atoms with Crippen molar-refractivity contribution in [3.05, 3.63) is 0 Å². The molecule has 1 aliphatic heterocycles. The van der Waals surface area contributed by atoms with Crippen molar-refractivity contribution >= 4 is 0 Å². The minimum Gasteiger partial charge on any atom is -0.393 e. The fourth-order valence-electron chi connectivity index (χ4n) is 4.73. The summed E-state index contributed by atoms with van der Waals surface area (Å²) in [6, 6.07) is 0. The molecule has 1 fully saturated rings. The fraction of sp³-hybridized carbons (Fsp3) is 1.00. The molecular weight excluding hydrogens is 472 g/mol. The Balaban J connectivity index is 3.00. The molecule has 0 aromatic heterocycles. The van der Waals surface area contributed by atoms with Gasteiger partial charge in [-0.2, -0.15) is 0 Å². The van der Waals surface area contributed by atoms with Gasteiger partial charge in [0, 0.05) is 18.3 Å². The predicted molar refractivity (Wildman–Crippen MR) is 149 cm³/mol. The smallest absolute Gasteiger partial charge is 0.105 e. The van der Waals surface area contributed by atoms with Crippen LogP contribution in [0.2, 0.25) is 0 Å². The van der Waals surface area contributed by atoms with Crippen LogP contribution in [0.25, 0.3) is 0 Å². The van der Waals surface area contributed by atoms with Crippen LogP contribution < -0.4 is 0 Å². The summed E-state index contributed by atoms with van der Waals surface area (Å²) in [6.45, 7) is 27.6. The number of rotatable bonds is 14. The second-order valence-corrected chi connectivity index (χ2v) is 13.9. The van der Waals surface area contributed by atoms with Gasteiger partial charge in [0.1, 0.15) is 6.10 Å². The molecule has 0 bridgehead atoms. The summed E-state index contributed by atoms with van der Waals surface area (Å²) in [4.78, 5) is 0. The van der Waals surface area contributed by atoms with Crippen molar-refractivity contribution in [1.29, 1.82) is 0 Å². The van der Waals surface area contributed by atoms with Gasteiger partial charge in [-0.25, -0.2) is 0 Å². The largest absolute Gasteiger partial charge is 0.393 e. The quantitative estimate of drug-likeness (QED) is 0.298. The molecule has 6 unspecified atom stereocenters. The lowest BCUT2D eigenvalue weighted by Gasteiger charge is -2.48. The highest BCUT2D eigenvalue weighted by molar-refractivity contribution is 4.94. The Labute approximate surface area is 227 Å². The zero-order valence-corrected chi connectivity index (χ0v) is 26.3. The van der Waals surface area contributed by atoms with Gasteiger partial charge in [0.25, 0.3) is 0 Å². The lowest BCUT2D eigenvalue weighted by atomic mass is 9.77. The molecule has 0 saturated carbocycles. The Bertz CT molecular complexity index is 671. The van der Waals surface area contributed by atoms with Crippen molar-refractivity contribution in [3.63, 3.8) is 0 Å². The van der Waals surface area contributed by atoms with Crippen LogP contribution in [0.4, 0.5) is 0 Å². The maximum Gasteiger partial charge on any atom is 0.105 e. The molecule has 7 nitrogen and oxygen atoms in total. The monoisotopic (exact) mass is 532 g/mol. The van der Waals surface area contributed by atoms with Gasteiger partial charge in [0.05, 0.1) is 66.6 Å². The lowest BCUT2D eigenvalue weighted by molar-refractivity contribution is -0.255. The van der Waals surface area contributed by atoms with E-state index in [0.29, 0.717) is 32.7 Å². The first-order valence-corrected chi connectivity index (χ1v) is 14.3. The van der Waals surface area contributed by atoms with E-state index in [9.17, 15) is 10.2 Å². The Hall–Kier alpha value is -0.280. The van der Waals surface area contributed by atoms with E-state index in [4.69, 9.17) is 23.7 Å². The minimum absolute atomic E-state index is 0.182. The number of aliphatic hydroxyl groups excluding tert-OH is 2. The van der Waals surface area contributed by atoms with Crippen LogP contribution in [0.3, 0.4) is 0 Å². The van der Waals surface area contributed by atoms with E-state index in [-0.39, 0.29) is 29.3 Å². The highest BCUT2D eigenvalue weighted by Gasteiger charge is 2.46. The maximum atomic E-state index is 10.8. The van der Waals surface area contributed by atoms with Crippen molar-refractivity contribution in [1.82, 2.24) is 0 Å². The molecule has 37 heavy (non-hydrogen) atoms. The summed E-state index contributed by atoms with van der Waals surface area (Å²) in [5, 5.41) is 20.6. The first kappa shape index (κ1) is 34.7. The van der Waals surface area contributed by atoms with Crippen LogP contribution in [-0.4, -0.2) is 83.0 Å². The van der Waals surface area contributed by atoms with E-state index < -0.39 is 29.0 Å². The van der Waals surface area contributed by atoms with Crippen LogP contribution in [-0.2, 0) is 23.7 Å². The van der Waals surface area contributed by atoms with E-state index in [1.165, 1.54) is 0 Å². The van der Waals surface area contributed by atoms with E-state index in [1.54, 1.807) is 13.8 Å². The molecule has 1 heterocycles. The van der Waals surface area contributed by atoms with Crippen molar-refractivity contribution in [2.24, 2.45) is 5.41 Å². The summed E-state index contributed by atoms with van der Waals surface area (Å²) in [7, 11) is 0. The standard InChI is InChI=1S/C30H60O7/c1-14-15-27(7,8)35-20-26(5,6)29(11,12)37-25-17-30(13,23(4)32)36-24(18-33-22(25)3)19-34-28(9,10)16-21(2)31/h21-25,31-32H,14-20H2,1-13H3. The summed E-state index contributed by atoms with van der Waals surface area (Å²) >= 11 is 0. The molecule has 7 heteroatoms. The van der Waals surface area contributed by atoms with Crippen molar-refractivity contribution in [2.45, 2.75) is 169 Å². The van der Waals surface area contributed by atoms with Gasteiger partial charge in [0.15, 0.2) is 0 Å². The third-order valence-electron chi connectivity index (χ3n) is 8.19. The molecule has 0 aromatic rings. The van der Waals surface area contributed by atoms with Crippen LogP contribution in [0.15, 0.2) is 0 Å². The van der Waals surface area contributed by atoms with Crippen molar-refractivity contribution < 1.29 is 33.9 Å². The second-order valence-electron chi connectivity index (χ2n) is 13.9. The molecule has 1 saturated heterocycles. The van der Waals surface area contributed by atoms with Gasteiger partial charge in [-0.3, -0.25) is 0 Å². The molecule has 6 atom stereocenters. The molecular formula is C30H60O7. The Kier molecular flexibility index (Phi) is 12.6. The average Bonchev–Trinajstić information content (AvgIpc) is 2.71. The molecule has 2 N–H and O–H groups in total. The maximum absolute atomic E-state index is 10.8. The average molecular weight is 533 g/mol. The summed E-state index contributed by atoms with van der Waals surface area (Å²) < 4.78 is 32.0. The van der Waals surface area contributed by atoms with E-state index >= 15 is 0 Å². The van der Waals surface area contributed by atoms with Crippen LogP contribution in [0.1, 0.15) is 116 Å². The SMILES string of the molecule is CCCC(C)(C)OCC(C)(C)C(C)(C)OC1CC(C)(C(C)O)OC(COC(C)(C)CC(C)O)COC1C. The van der Waals surface area contributed by atoms with E-state index in [0.717, 1.165) is 12.8 Å². The topological polar surface area (TPSA) is 86.6 Å². The van der Waals surface area contributed by atoms with Gasteiger partial charge in [-0.1, -0.05) is 27.2 Å². The number of aliphatic hydroxyl groups is 2. The third kappa shape index (κ3) is 11.0. The fourth-order valence-corrected chi connectivity index (χ4v) is 4.73. The molecule has 222 valence electrons. The van der Waals surface area contributed by atoms with Crippen LogP contribution in [0, 0.1) is 5.41 Å². The highest BCUT2D eigenvalue weighted by atomic mass is 16.6. The zero-order chi connectivity index (χ0) is 28.9. The number of ether oxygens (including phenoxy) is 5. The van der Waals surface area contributed by atoms with Crippen molar-refractivity contribution in [3.8, 4) is 0 Å². The van der Waals surface area contributed by atoms with Gasteiger partial charge >= 0.3 is 0 Å². The Morgan fingerprint density at radius 2 is 1.57 bits per heavy atom. The molecule has 0 aliphatic carbocycles. The van der Waals surface area contributed by atoms with E-state index in [1.807, 2.05) is 27.7 Å². The zero-order valence-electron chi connectivity index (χ0n) is 26.3. The van der Waals surface area contributed by atoms with Gasteiger partial charge in [-0.15, -0.1) is 0 Å². The molecule has 0 aromatic carbocycles. The van der Waals surface area contributed by atoms with Crippen LogP contribution >= 0.6 is 0 Å². The van der Waals surface area contributed by atoms with Gasteiger partial charge in [0.2, 0.25) is 0 Å². The molecule has 0 radical (unpaired) electrons. The minimum atomic E-state index is -0.842. The first-order valence-electron chi connectivity index (χ1n) is 14.3. The summed E-state index contributed by atoms with van der Waals surface area (Å²) in [6.07, 6.45) is 1.05. The third-order valence-corrected chi connectivity index (χ3v) is 8.19. The molecule has 0 spiro atoms. The number of hydrogen-bond donors (Lipinski definition) is 2. The molecule has 1 aliphatic rings. The van der Waals surface area contributed by atoms with Crippen molar-refractivity contribution in [2.75, 3.05) is 19.8 Å². The summed E-state index contributed by atoms with van der Waals surface area (Å²) in [5.41, 5.74) is -2.32. The normalized spacial score (nSPS) is 28.5. The molecule has 1 rings (SSSR count). The van der Waals surface area contributed by atoms with Crippen LogP contribution in [0.5, 0.6) is 0 Å². The Morgan fingerprint density at radius 3 is 2.08 bits per heavy atom. The summed E-state index contributed by atoms with van der Waals surface area (Å²) in [5.74, 6) is 0. The van der Waals surface area contributed by atoms with Gasteiger partial charge < -0.3 is 33.9 Å². The lowest BCUT2D eigenvalue weighted by Crippen LogP contribution is -2.56. The second kappa shape index (κ2) is 13.4. The number of hydrogen-bond acceptors (Lipinski definition) is 7. The molecule has 0 amide bonds. The predicted octanol–water partition coefficient (Wildman–Crippen LogP) is 5.67.